The highest BCUT2D eigenvalue weighted by Crippen LogP contribution is 2.31. The third-order valence-electron chi connectivity index (χ3n) is 5.60. The minimum absolute atomic E-state index is 0.123. The molecule has 9 nitrogen and oxygen atoms in total. The number of nitrogens with one attached hydrogen (secondary N) is 3. The molecule has 0 spiro atoms. The van der Waals surface area contributed by atoms with Crippen molar-refractivity contribution in [3.8, 4) is 11.5 Å². The largest absolute Gasteiger partial charge is 0.495 e. The number of hydrogen-bond donors (Lipinski definition) is 3. The topological polar surface area (TPSA) is 110 Å². The van der Waals surface area contributed by atoms with Crippen LogP contribution in [0.25, 0.3) is 0 Å². The van der Waals surface area contributed by atoms with Gasteiger partial charge in [-0.3, -0.25) is 9.78 Å². The Morgan fingerprint density at radius 2 is 2.03 bits per heavy atom. The molecule has 0 saturated carbocycles. The van der Waals surface area contributed by atoms with E-state index in [1.807, 2.05) is 12.1 Å². The summed E-state index contributed by atoms with van der Waals surface area (Å²) >= 11 is 6.38. The second-order valence-corrected chi connectivity index (χ2v) is 8.28. The molecule has 3 N–H and O–H groups in total. The lowest BCUT2D eigenvalue weighted by atomic mass is 9.96. The van der Waals surface area contributed by atoms with Gasteiger partial charge in [0.1, 0.15) is 12.4 Å². The maximum Gasteiger partial charge on any atom is 0.251 e. The van der Waals surface area contributed by atoms with E-state index in [2.05, 4.69) is 30.9 Å². The number of amides is 1. The lowest BCUT2D eigenvalue weighted by molar-refractivity contribution is 0.0962. The quantitative estimate of drug-likeness (QED) is 0.446. The van der Waals surface area contributed by atoms with Gasteiger partial charge in [-0.15, -0.1) is 0 Å². The number of aromatic nitrogens is 3. The zero-order valence-corrected chi connectivity index (χ0v) is 19.9. The smallest absolute Gasteiger partial charge is 0.251 e. The summed E-state index contributed by atoms with van der Waals surface area (Å²) in [6.45, 7) is 2.17. The van der Waals surface area contributed by atoms with Gasteiger partial charge in [-0.2, -0.15) is 0 Å². The third-order valence-corrected chi connectivity index (χ3v) is 6.03. The monoisotopic (exact) mass is 482 g/mol. The van der Waals surface area contributed by atoms with E-state index in [0.717, 1.165) is 30.9 Å². The SMILES string of the molecule is CNC(=O)c1cc(COc2cnc(Nc3ccc([C@@H]4CCCNC4)nc3)nc2)c(Cl)c(OC)c1. The summed E-state index contributed by atoms with van der Waals surface area (Å²) < 4.78 is 11.1. The van der Waals surface area contributed by atoms with Crippen LogP contribution in [0.5, 0.6) is 11.5 Å². The second-order valence-electron chi connectivity index (χ2n) is 7.90. The fourth-order valence-corrected chi connectivity index (χ4v) is 4.00. The van der Waals surface area contributed by atoms with Crippen molar-refractivity contribution in [1.29, 1.82) is 0 Å². The highest BCUT2D eigenvalue weighted by molar-refractivity contribution is 6.33. The molecule has 178 valence electrons. The molecule has 1 aliphatic heterocycles. The Labute approximate surface area is 203 Å². The predicted octanol–water partition coefficient (Wildman–Crippen LogP) is 3.68. The molecule has 2 aromatic heterocycles. The zero-order chi connectivity index (χ0) is 23.9. The van der Waals surface area contributed by atoms with Gasteiger partial charge in [-0.25, -0.2) is 9.97 Å². The summed E-state index contributed by atoms with van der Waals surface area (Å²) in [5.41, 5.74) is 2.95. The molecule has 1 fully saturated rings. The number of carbonyl (C=O) groups excluding carboxylic acids is 1. The molecule has 0 bridgehead atoms. The van der Waals surface area contributed by atoms with E-state index in [4.69, 9.17) is 21.1 Å². The van der Waals surface area contributed by atoms with E-state index >= 15 is 0 Å². The molecule has 10 heteroatoms. The first-order chi connectivity index (χ1) is 16.6. The van der Waals surface area contributed by atoms with E-state index in [-0.39, 0.29) is 12.5 Å². The number of halogens is 1. The standard InChI is InChI=1S/C24H27ClN6O3/c1-26-23(32)16-8-17(22(25)21(9-16)33-2)14-34-19-12-29-24(30-13-19)31-18-5-6-20(28-11-18)15-4-3-7-27-10-15/h5-6,8-9,11-13,15,27H,3-4,7,10,14H2,1-2H3,(H,26,32)(H,29,30,31)/t15-/m1/s1. The van der Waals surface area contributed by atoms with Crippen LogP contribution in [0.1, 0.15) is 40.4 Å². The number of piperidine rings is 1. The van der Waals surface area contributed by atoms with Crippen LogP contribution in [0.4, 0.5) is 11.6 Å². The van der Waals surface area contributed by atoms with Crippen molar-refractivity contribution in [3.05, 3.63) is 64.7 Å². The van der Waals surface area contributed by atoms with Crippen molar-refractivity contribution in [3.63, 3.8) is 0 Å². The zero-order valence-electron chi connectivity index (χ0n) is 19.1. The molecule has 3 aromatic rings. The van der Waals surface area contributed by atoms with Crippen LogP contribution < -0.4 is 25.4 Å². The maximum absolute atomic E-state index is 12.0. The fourth-order valence-electron chi connectivity index (χ4n) is 3.76. The Morgan fingerprint density at radius 1 is 1.21 bits per heavy atom. The molecule has 4 rings (SSSR count). The maximum atomic E-state index is 12.0. The van der Waals surface area contributed by atoms with E-state index < -0.39 is 0 Å². The molecule has 0 unspecified atom stereocenters. The first kappa shape index (κ1) is 23.7. The van der Waals surface area contributed by atoms with Gasteiger partial charge < -0.3 is 25.4 Å². The predicted molar refractivity (Wildman–Crippen MR) is 130 cm³/mol. The van der Waals surface area contributed by atoms with Gasteiger partial charge in [-0.05, 0) is 43.7 Å². The van der Waals surface area contributed by atoms with Crippen molar-refractivity contribution in [2.24, 2.45) is 0 Å². The van der Waals surface area contributed by atoms with Gasteiger partial charge in [0, 0.05) is 36.3 Å². The molecule has 1 saturated heterocycles. The fraction of sp³-hybridized carbons (Fsp3) is 0.333. The normalized spacial score (nSPS) is 15.4. The molecule has 0 aliphatic carbocycles. The van der Waals surface area contributed by atoms with Crippen LogP contribution in [0.3, 0.4) is 0 Å². The molecular formula is C24H27ClN6O3. The molecule has 0 radical (unpaired) electrons. The van der Waals surface area contributed by atoms with Crippen molar-refractivity contribution in [1.82, 2.24) is 25.6 Å². The van der Waals surface area contributed by atoms with Crippen molar-refractivity contribution in [2.45, 2.75) is 25.4 Å². The van der Waals surface area contributed by atoms with Gasteiger partial charge in [0.05, 0.1) is 36.4 Å². The minimum Gasteiger partial charge on any atom is -0.495 e. The Balaban J connectivity index is 1.37. The lowest BCUT2D eigenvalue weighted by Crippen LogP contribution is -2.28. The summed E-state index contributed by atoms with van der Waals surface area (Å²) in [6.07, 6.45) is 7.27. The van der Waals surface area contributed by atoms with E-state index in [1.54, 1.807) is 37.8 Å². The summed E-state index contributed by atoms with van der Waals surface area (Å²) in [4.78, 5) is 25.2. The van der Waals surface area contributed by atoms with Gasteiger partial charge in [-0.1, -0.05) is 11.6 Å². The van der Waals surface area contributed by atoms with E-state index in [9.17, 15) is 4.79 Å². The molecule has 1 atom stereocenters. The number of ether oxygens (including phenoxy) is 2. The number of nitrogens with zero attached hydrogens (tertiary/aromatic N) is 3. The van der Waals surface area contributed by atoms with Crippen LogP contribution in [-0.4, -0.2) is 48.1 Å². The number of carbonyl (C=O) groups is 1. The van der Waals surface area contributed by atoms with Crippen molar-refractivity contribution >= 4 is 29.1 Å². The minimum atomic E-state index is -0.243. The number of anilines is 2. The number of rotatable bonds is 8. The Morgan fingerprint density at radius 3 is 2.68 bits per heavy atom. The Kier molecular flexibility index (Phi) is 7.76. The summed E-state index contributed by atoms with van der Waals surface area (Å²) in [6, 6.07) is 7.28. The molecule has 1 aromatic carbocycles. The Hall–Kier alpha value is -3.43. The van der Waals surface area contributed by atoms with Crippen LogP contribution >= 0.6 is 11.6 Å². The van der Waals surface area contributed by atoms with Crippen LogP contribution in [-0.2, 0) is 6.61 Å². The molecular weight excluding hydrogens is 456 g/mol. The average molecular weight is 483 g/mol. The van der Waals surface area contributed by atoms with Gasteiger partial charge >= 0.3 is 0 Å². The number of pyridine rings is 1. The average Bonchev–Trinajstić information content (AvgIpc) is 2.89. The van der Waals surface area contributed by atoms with Gasteiger partial charge in [0.15, 0.2) is 5.75 Å². The van der Waals surface area contributed by atoms with Crippen molar-refractivity contribution in [2.75, 3.05) is 32.6 Å². The first-order valence-corrected chi connectivity index (χ1v) is 11.4. The second kappa shape index (κ2) is 11.1. The van der Waals surface area contributed by atoms with E-state index in [1.165, 1.54) is 13.5 Å². The summed E-state index contributed by atoms with van der Waals surface area (Å²) in [5, 5.41) is 9.53. The summed E-state index contributed by atoms with van der Waals surface area (Å²) in [5.74, 6) is 1.51. The van der Waals surface area contributed by atoms with Crippen LogP contribution in [0.2, 0.25) is 5.02 Å². The number of benzene rings is 1. The molecule has 34 heavy (non-hydrogen) atoms. The molecule has 1 amide bonds. The highest BCUT2D eigenvalue weighted by atomic mass is 35.5. The summed E-state index contributed by atoms with van der Waals surface area (Å²) in [7, 11) is 3.06. The highest BCUT2D eigenvalue weighted by Gasteiger charge is 2.16. The Bertz CT molecular complexity index is 1120. The third kappa shape index (κ3) is 5.73. The first-order valence-electron chi connectivity index (χ1n) is 11.0. The van der Waals surface area contributed by atoms with Crippen LogP contribution in [0, 0.1) is 0 Å². The lowest BCUT2D eigenvalue weighted by Gasteiger charge is -2.22. The molecule has 1 aliphatic rings. The molecule has 3 heterocycles. The number of hydrogen-bond acceptors (Lipinski definition) is 8. The van der Waals surface area contributed by atoms with Crippen molar-refractivity contribution < 1.29 is 14.3 Å². The van der Waals surface area contributed by atoms with Crippen LogP contribution in [0.15, 0.2) is 42.9 Å². The van der Waals surface area contributed by atoms with Gasteiger partial charge in [0.25, 0.3) is 5.91 Å². The number of methoxy groups -OCH3 is 1. The van der Waals surface area contributed by atoms with Gasteiger partial charge in [0.2, 0.25) is 5.95 Å². The van der Waals surface area contributed by atoms with E-state index in [0.29, 0.717) is 39.5 Å².